The molecule has 2 atom stereocenters. The van der Waals surface area contributed by atoms with E-state index in [0.717, 1.165) is 5.56 Å². The summed E-state index contributed by atoms with van der Waals surface area (Å²) in [5.41, 5.74) is 1.99. The Kier molecular flexibility index (Phi) is 6.09. The molecular formula is C18H19ClN2O2S. The molecule has 0 radical (unpaired) electrons. The summed E-state index contributed by atoms with van der Waals surface area (Å²) in [6, 6.07) is 9.45. The molecule has 126 valence electrons. The highest BCUT2D eigenvalue weighted by molar-refractivity contribution is 8.02. The fourth-order valence-electron chi connectivity index (χ4n) is 2.75. The molecule has 0 amide bonds. The summed E-state index contributed by atoms with van der Waals surface area (Å²) in [6.07, 6.45) is 1.64. The van der Waals surface area contributed by atoms with Gasteiger partial charge in [0.25, 0.3) is 0 Å². The molecule has 1 aliphatic heterocycles. The molecule has 0 N–H and O–H groups in total. The van der Waals surface area contributed by atoms with Crippen molar-refractivity contribution in [3.63, 3.8) is 0 Å². The van der Waals surface area contributed by atoms with Crippen LogP contribution in [0.15, 0.2) is 39.9 Å². The average Bonchev–Trinajstić information content (AvgIpc) is 2.53. The number of benzene rings is 1. The number of esters is 1. The zero-order valence-electron chi connectivity index (χ0n) is 14.0. The summed E-state index contributed by atoms with van der Waals surface area (Å²) >= 11 is 7.38. The summed E-state index contributed by atoms with van der Waals surface area (Å²) < 4.78 is 5.41. The number of ether oxygens (including phenoxy) is 1. The van der Waals surface area contributed by atoms with Crippen molar-refractivity contribution in [2.75, 3.05) is 6.26 Å². The van der Waals surface area contributed by atoms with E-state index in [0.29, 0.717) is 21.3 Å². The molecule has 4 nitrogen and oxygen atoms in total. The third-order valence-electron chi connectivity index (χ3n) is 3.75. The predicted octanol–water partition coefficient (Wildman–Crippen LogP) is 4.56. The Balaban J connectivity index is 2.57. The number of nitrogens with zero attached hydrogens (tertiary/aromatic N) is 2. The summed E-state index contributed by atoms with van der Waals surface area (Å²) in [5.74, 6) is -1.39. The fourth-order valence-corrected chi connectivity index (χ4v) is 3.50. The number of carbonyl (C=O) groups excluding carboxylic acids is 1. The monoisotopic (exact) mass is 362 g/mol. The molecule has 0 saturated heterocycles. The van der Waals surface area contributed by atoms with Crippen molar-refractivity contribution in [2.45, 2.75) is 32.8 Å². The normalized spacial score (nSPS) is 20.6. The summed E-state index contributed by atoms with van der Waals surface area (Å²) in [7, 11) is 0. The minimum Gasteiger partial charge on any atom is -0.462 e. The van der Waals surface area contributed by atoms with Crippen LogP contribution in [-0.2, 0) is 9.53 Å². The second kappa shape index (κ2) is 7.87. The Bertz CT molecular complexity index is 732. The van der Waals surface area contributed by atoms with Gasteiger partial charge in [-0.15, -0.1) is 11.8 Å². The molecule has 0 fully saturated rings. The van der Waals surface area contributed by atoms with Crippen LogP contribution in [0.25, 0.3) is 0 Å². The van der Waals surface area contributed by atoms with E-state index in [1.165, 1.54) is 11.8 Å². The van der Waals surface area contributed by atoms with Crippen molar-refractivity contribution in [1.29, 1.82) is 5.26 Å². The SMILES string of the molecule is CSC1=C(C#N)[C@H](c2ccc(Cl)cc2)C(C(=O)OC(C)C)C(C)=N1. The molecule has 2 rings (SSSR count). The lowest BCUT2D eigenvalue weighted by atomic mass is 9.77. The van der Waals surface area contributed by atoms with Crippen LogP contribution in [0, 0.1) is 17.2 Å². The van der Waals surface area contributed by atoms with Gasteiger partial charge in [-0.3, -0.25) is 4.79 Å². The van der Waals surface area contributed by atoms with Gasteiger partial charge in [-0.25, -0.2) is 4.99 Å². The minimum absolute atomic E-state index is 0.229. The first-order chi connectivity index (χ1) is 11.4. The van der Waals surface area contributed by atoms with Crippen LogP contribution in [-0.4, -0.2) is 24.0 Å². The first-order valence-electron chi connectivity index (χ1n) is 7.58. The Morgan fingerprint density at radius 3 is 2.50 bits per heavy atom. The molecule has 0 aliphatic carbocycles. The van der Waals surface area contributed by atoms with Crippen molar-refractivity contribution < 1.29 is 9.53 Å². The van der Waals surface area contributed by atoms with Crippen molar-refractivity contribution in [2.24, 2.45) is 10.9 Å². The molecule has 1 aromatic rings. The van der Waals surface area contributed by atoms with Gasteiger partial charge in [0.1, 0.15) is 10.9 Å². The standard InChI is InChI=1S/C18H19ClN2O2S/c1-10(2)23-18(22)15-11(3)21-17(24-4)14(9-20)16(15)12-5-7-13(19)8-6-12/h5-8,10,15-16H,1-4H3/t15?,16-/m0/s1. The molecule has 1 heterocycles. The predicted molar refractivity (Wildman–Crippen MR) is 98.2 cm³/mol. The molecular weight excluding hydrogens is 344 g/mol. The van der Waals surface area contributed by atoms with Crippen LogP contribution in [0.5, 0.6) is 0 Å². The maximum absolute atomic E-state index is 12.7. The molecule has 24 heavy (non-hydrogen) atoms. The molecule has 0 spiro atoms. The number of allylic oxidation sites excluding steroid dienone is 1. The Labute approximate surface area is 151 Å². The molecule has 0 aromatic heterocycles. The van der Waals surface area contributed by atoms with Gasteiger partial charge in [0, 0.05) is 16.7 Å². The van der Waals surface area contributed by atoms with Crippen LogP contribution in [0.2, 0.25) is 5.02 Å². The van der Waals surface area contributed by atoms with Gasteiger partial charge in [0.15, 0.2) is 0 Å². The number of hydrogen-bond donors (Lipinski definition) is 0. The lowest BCUT2D eigenvalue weighted by molar-refractivity contribution is -0.150. The van der Waals surface area contributed by atoms with Gasteiger partial charge in [0.2, 0.25) is 0 Å². The summed E-state index contributed by atoms with van der Waals surface area (Å²) in [4.78, 5) is 17.1. The summed E-state index contributed by atoms with van der Waals surface area (Å²) in [5, 5.41) is 10.9. The zero-order chi connectivity index (χ0) is 17.9. The maximum atomic E-state index is 12.7. The highest BCUT2D eigenvalue weighted by Crippen LogP contribution is 2.42. The Morgan fingerprint density at radius 1 is 1.38 bits per heavy atom. The number of rotatable bonds is 4. The largest absolute Gasteiger partial charge is 0.462 e. The molecule has 6 heteroatoms. The topological polar surface area (TPSA) is 62.5 Å². The van der Waals surface area contributed by atoms with Crippen molar-refractivity contribution >= 4 is 35.0 Å². The zero-order valence-corrected chi connectivity index (χ0v) is 15.6. The van der Waals surface area contributed by atoms with Gasteiger partial charge in [-0.2, -0.15) is 5.26 Å². The Morgan fingerprint density at radius 2 is 2.00 bits per heavy atom. The van der Waals surface area contributed by atoms with Gasteiger partial charge in [-0.05, 0) is 44.7 Å². The first kappa shape index (κ1) is 18.6. The number of halogens is 1. The summed E-state index contributed by atoms with van der Waals surface area (Å²) in [6.45, 7) is 5.41. The van der Waals surface area contributed by atoms with E-state index in [-0.39, 0.29) is 12.1 Å². The van der Waals surface area contributed by atoms with E-state index >= 15 is 0 Å². The van der Waals surface area contributed by atoms with Gasteiger partial charge in [0.05, 0.1) is 17.7 Å². The van der Waals surface area contributed by atoms with Gasteiger partial charge < -0.3 is 4.74 Å². The van der Waals surface area contributed by atoms with Crippen LogP contribution in [0.3, 0.4) is 0 Å². The lowest BCUT2D eigenvalue weighted by Crippen LogP contribution is -2.35. The average molecular weight is 363 g/mol. The quantitative estimate of drug-likeness (QED) is 0.736. The van der Waals surface area contributed by atoms with Gasteiger partial charge in [-0.1, -0.05) is 23.7 Å². The number of nitriles is 1. The van der Waals surface area contributed by atoms with E-state index in [2.05, 4.69) is 11.1 Å². The van der Waals surface area contributed by atoms with Crippen molar-refractivity contribution in [3.8, 4) is 6.07 Å². The van der Waals surface area contributed by atoms with Crippen LogP contribution < -0.4 is 0 Å². The molecule has 0 saturated carbocycles. The second-order valence-corrected chi connectivity index (χ2v) is 7.01. The highest BCUT2D eigenvalue weighted by Gasteiger charge is 2.40. The molecule has 1 unspecified atom stereocenters. The van der Waals surface area contributed by atoms with Gasteiger partial charge >= 0.3 is 5.97 Å². The van der Waals surface area contributed by atoms with Crippen LogP contribution in [0.4, 0.5) is 0 Å². The lowest BCUT2D eigenvalue weighted by Gasteiger charge is -2.30. The molecule has 1 aromatic carbocycles. The number of thioether (sulfide) groups is 1. The van der Waals surface area contributed by atoms with E-state index in [9.17, 15) is 10.1 Å². The first-order valence-corrected chi connectivity index (χ1v) is 9.18. The van der Waals surface area contributed by atoms with E-state index < -0.39 is 11.8 Å². The second-order valence-electron chi connectivity index (χ2n) is 5.78. The molecule has 1 aliphatic rings. The van der Waals surface area contributed by atoms with Crippen LogP contribution in [0.1, 0.15) is 32.3 Å². The molecule has 0 bridgehead atoms. The third-order valence-corrected chi connectivity index (χ3v) is 4.70. The van der Waals surface area contributed by atoms with E-state index in [1.54, 1.807) is 32.9 Å². The fraction of sp³-hybridized carbons (Fsp3) is 0.389. The van der Waals surface area contributed by atoms with Crippen molar-refractivity contribution in [3.05, 3.63) is 45.5 Å². The van der Waals surface area contributed by atoms with E-state index in [1.807, 2.05) is 18.4 Å². The Hall–Kier alpha value is -1.77. The third kappa shape index (κ3) is 3.82. The van der Waals surface area contributed by atoms with Crippen molar-refractivity contribution in [1.82, 2.24) is 0 Å². The minimum atomic E-state index is -0.612. The maximum Gasteiger partial charge on any atom is 0.315 e. The van der Waals surface area contributed by atoms with Crippen LogP contribution >= 0.6 is 23.4 Å². The number of carbonyl (C=O) groups is 1. The number of aliphatic imine (C=N–C) groups is 1. The number of hydrogen-bond acceptors (Lipinski definition) is 5. The highest BCUT2D eigenvalue weighted by atomic mass is 35.5. The smallest absolute Gasteiger partial charge is 0.315 e. The van der Waals surface area contributed by atoms with E-state index in [4.69, 9.17) is 16.3 Å².